The third-order valence-corrected chi connectivity index (χ3v) is 3.16. The molecule has 0 amide bonds. The lowest BCUT2D eigenvalue weighted by atomic mass is 9.94. The van der Waals surface area contributed by atoms with Gasteiger partial charge in [0.05, 0.1) is 0 Å². The summed E-state index contributed by atoms with van der Waals surface area (Å²) in [4.78, 5) is 16.1. The second-order valence-electron chi connectivity index (χ2n) is 4.60. The van der Waals surface area contributed by atoms with E-state index in [0.29, 0.717) is 12.8 Å². The molecule has 1 saturated heterocycles. The molecule has 2 N–H and O–H groups in total. The molecule has 0 aromatic carbocycles. The predicted molar refractivity (Wildman–Crippen MR) is 70.1 cm³/mol. The number of pyridine rings is 1. The third-order valence-electron chi connectivity index (χ3n) is 3.16. The highest BCUT2D eigenvalue weighted by atomic mass is 16.5. The van der Waals surface area contributed by atoms with E-state index in [1.807, 2.05) is 18.2 Å². The van der Waals surface area contributed by atoms with Crippen LogP contribution >= 0.6 is 0 Å². The maximum atomic E-state index is 11.9. The summed E-state index contributed by atoms with van der Waals surface area (Å²) in [6.07, 6.45) is 3.73. The molecule has 19 heavy (non-hydrogen) atoms. The van der Waals surface area contributed by atoms with Gasteiger partial charge in [0.1, 0.15) is 18.9 Å². The summed E-state index contributed by atoms with van der Waals surface area (Å²) in [5.74, 6) is -0.361. The molecule has 3 unspecified atom stereocenters. The van der Waals surface area contributed by atoms with E-state index in [2.05, 4.69) is 16.9 Å². The molecule has 1 aliphatic heterocycles. The van der Waals surface area contributed by atoms with Gasteiger partial charge in [-0.15, -0.1) is 0 Å². The van der Waals surface area contributed by atoms with Gasteiger partial charge in [-0.25, -0.2) is 0 Å². The molecule has 1 aromatic rings. The van der Waals surface area contributed by atoms with Gasteiger partial charge in [-0.2, -0.15) is 0 Å². The SMILES string of the molecule is C=CCOC(=O)C1NC(O)CC1Cc1ccccn1. The highest BCUT2D eigenvalue weighted by Crippen LogP contribution is 2.24. The molecule has 2 heterocycles. The Morgan fingerprint density at radius 3 is 3.16 bits per heavy atom. The molecule has 0 spiro atoms. The zero-order valence-electron chi connectivity index (χ0n) is 10.7. The second kappa shape index (κ2) is 6.45. The van der Waals surface area contributed by atoms with Crippen LogP contribution in [0.2, 0.25) is 0 Å². The summed E-state index contributed by atoms with van der Waals surface area (Å²) < 4.78 is 5.04. The van der Waals surface area contributed by atoms with E-state index in [1.165, 1.54) is 6.08 Å². The van der Waals surface area contributed by atoms with E-state index in [1.54, 1.807) is 6.20 Å². The number of rotatable bonds is 5. The number of hydrogen-bond donors (Lipinski definition) is 2. The van der Waals surface area contributed by atoms with Crippen LogP contribution in [0.3, 0.4) is 0 Å². The quantitative estimate of drug-likeness (QED) is 0.602. The molecule has 2 rings (SSSR count). The van der Waals surface area contributed by atoms with Gasteiger partial charge in [0.25, 0.3) is 0 Å². The van der Waals surface area contributed by atoms with Gasteiger partial charge in [-0.3, -0.25) is 15.1 Å². The van der Waals surface area contributed by atoms with E-state index in [4.69, 9.17) is 4.74 Å². The minimum Gasteiger partial charge on any atom is -0.460 e. The van der Waals surface area contributed by atoms with Crippen LogP contribution < -0.4 is 5.32 Å². The first kappa shape index (κ1) is 13.7. The van der Waals surface area contributed by atoms with Crippen LogP contribution in [0.1, 0.15) is 12.1 Å². The van der Waals surface area contributed by atoms with Crippen LogP contribution in [0.5, 0.6) is 0 Å². The highest BCUT2D eigenvalue weighted by Gasteiger charge is 2.38. The zero-order valence-corrected chi connectivity index (χ0v) is 10.7. The summed E-state index contributed by atoms with van der Waals surface area (Å²) in [5.41, 5.74) is 0.907. The molecule has 0 saturated carbocycles. The Labute approximate surface area is 112 Å². The number of aliphatic hydroxyl groups excluding tert-OH is 1. The number of aliphatic hydroxyl groups is 1. The zero-order chi connectivity index (χ0) is 13.7. The second-order valence-corrected chi connectivity index (χ2v) is 4.60. The standard InChI is InChI=1S/C14H18N2O3/c1-2-7-19-14(18)13-10(9-12(17)16-13)8-11-5-3-4-6-15-11/h2-6,10,12-13,16-17H,1,7-9H2. The summed E-state index contributed by atoms with van der Waals surface area (Å²) in [6, 6.07) is 5.18. The molecule has 102 valence electrons. The molecule has 5 nitrogen and oxygen atoms in total. The van der Waals surface area contributed by atoms with Crippen molar-refractivity contribution in [3.8, 4) is 0 Å². The monoisotopic (exact) mass is 262 g/mol. The van der Waals surface area contributed by atoms with Crippen molar-refractivity contribution in [3.63, 3.8) is 0 Å². The predicted octanol–water partition coefficient (Wildman–Crippen LogP) is 0.650. The minimum absolute atomic E-state index is 0.0118. The molecular weight excluding hydrogens is 244 g/mol. The number of carbonyl (C=O) groups excluding carboxylic acids is 1. The van der Waals surface area contributed by atoms with Crippen molar-refractivity contribution in [3.05, 3.63) is 42.7 Å². The van der Waals surface area contributed by atoms with Crippen molar-refractivity contribution in [2.75, 3.05) is 6.61 Å². The number of ether oxygens (including phenoxy) is 1. The van der Waals surface area contributed by atoms with Gasteiger partial charge in [0.15, 0.2) is 0 Å². The van der Waals surface area contributed by atoms with Crippen LogP contribution in [-0.2, 0) is 16.0 Å². The largest absolute Gasteiger partial charge is 0.460 e. The molecule has 0 bridgehead atoms. The van der Waals surface area contributed by atoms with E-state index >= 15 is 0 Å². The van der Waals surface area contributed by atoms with E-state index in [9.17, 15) is 9.90 Å². The van der Waals surface area contributed by atoms with E-state index in [0.717, 1.165) is 5.69 Å². The number of nitrogens with zero attached hydrogens (tertiary/aromatic N) is 1. The molecule has 1 fully saturated rings. The number of hydrogen-bond acceptors (Lipinski definition) is 5. The molecule has 0 aliphatic carbocycles. The number of esters is 1. The first-order valence-electron chi connectivity index (χ1n) is 6.32. The first-order valence-corrected chi connectivity index (χ1v) is 6.32. The molecule has 1 aromatic heterocycles. The Bertz CT molecular complexity index is 436. The maximum absolute atomic E-state index is 11.9. The van der Waals surface area contributed by atoms with Crippen LogP contribution in [0, 0.1) is 5.92 Å². The Morgan fingerprint density at radius 2 is 2.47 bits per heavy atom. The van der Waals surface area contributed by atoms with Crippen LogP contribution in [0.15, 0.2) is 37.1 Å². The topological polar surface area (TPSA) is 71.5 Å². The summed E-state index contributed by atoms with van der Waals surface area (Å²) >= 11 is 0. The third kappa shape index (κ3) is 3.62. The van der Waals surface area contributed by atoms with Crippen LogP contribution in [0.4, 0.5) is 0 Å². The highest BCUT2D eigenvalue weighted by molar-refractivity contribution is 5.76. The Kier molecular flexibility index (Phi) is 4.65. The molecule has 3 atom stereocenters. The maximum Gasteiger partial charge on any atom is 0.323 e. The lowest BCUT2D eigenvalue weighted by Crippen LogP contribution is -2.40. The van der Waals surface area contributed by atoms with Gasteiger partial charge < -0.3 is 9.84 Å². The Morgan fingerprint density at radius 1 is 1.63 bits per heavy atom. The average molecular weight is 262 g/mol. The van der Waals surface area contributed by atoms with Crippen LogP contribution in [-0.4, -0.2) is 34.9 Å². The van der Waals surface area contributed by atoms with Gasteiger partial charge in [0.2, 0.25) is 0 Å². The normalized spacial score (nSPS) is 26.1. The number of aromatic nitrogens is 1. The summed E-state index contributed by atoms with van der Waals surface area (Å²) in [7, 11) is 0. The molecular formula is C14H18N2O3. The fraction of sp³-hybridized carbons (Fsp3) is 0.429. The Hall–Kier alpha value is -1.72. The Balaban J connectivity index is 2.01. The summed E-state index contributed by atoms with van der Waals surface area (Å²) in [5, 5.41) is 12.5. The van der Waals surface area contributed by atoms with Gasteiger partial charge in [0, 0.05) is 11.9 Å². The minimum atomic E-state index is -0.671. The number of carbonyl (C=O) groups is 1. The average Bonchev–Trinajstić information content (AvgIpc) is 2.78. The van der Waals surface area contributed by atoms with Gasteiger partial charge >= 0.3 is 5.97 Å². The van der Waals surface area contributed by atoms with Crippen LogP contribution in [0.25, 0.3) is 0 Å². The molecule has 1 aliphatic rings. The van der Waals surface area contributed by atoms with Crippen molar-refractivity contribution < 1.29 is 14.6 Å². The lowest BCUT2D eigenvalue weighted by Gasteiger charge is -2.17. The fourth-order valence-electron chi connectivity index (χ4n) is 2.31. The van der Waals surface area contributed by atoms with E-state index in [-0.39, 0.29) is 18.5 Å². The van der Waals surface area contributed by atoms with Crippen molar-refractivity contribution in [2.24, 2.45) is 5.92 Å². The number of nitrogens with one attached hydrogen (secondary N) is 1. The van der Waals surface area contributed by atoms with Gasteiger partial charge in [-0.05, 0) is 30.9 Å². The van der Waals surface area contributed by atoms with Gasteiger partial charge in [-0.1, -0.05) is 18.7 Å². The summed E-state index contributed by atoms with van der Waals surface area (Å²) in [6.45, 7) is 3.69. The fourth-order valence-corrected chi connectivity index (χ4v) is 2.31. The smallest absolute Gasteiger partial charge is 0.323 e. The van der Waals surface area contributed by atoms with Crippen molar-refractivity contribution in [2.45, 2.75) is 25.1 Å². The first-order chi connectivity index (χ1) is 9.20. The van der Waals surface area contributed by atoms with Crippen molar-refractivity contribution >= 4 is 5.97 Å². The van der Waals surface area contributed by atoms with Crippen molar-refractivity contribution in [1.29, 1.82) is 0 Å². The molecule has 0 radical (unpaired) electrons. The van der Waals surface area contributed by atoms with Crippen molar-refractivity contribution in [1.82, 2.24) is 10.3 Å². The molecule has 5 heteroatoms. The lowest BCUT2D eigenvalue weighted by molar-refractivity contribution is -0.145. The van der Waals surface area contributed by atoms with E-state index < -0.39 is 12.3 Å².